The van der Waals surface area contributed by atoms with E-state index < -0.39 is 0 Å². The summed E-state index contributed by atoms with van der Waals surface area (Å²) in [6.07, 6.45) is 5.24. The van der Waals surface area contributed by atoms with Crippen molar-refractivity contribution in [3.8, 4) is 0 Å². The van der Waals surface area contributed by atoms with Crippen molar-refractivity contribution in [1.82, 2.24) is 0 Å². The van der Waals surface area contributed by atoms with Crippen LogP contribution in [0.2, 0.25) is 0 Å². The van der Waals surface area contributed by atoms with Gasteiger partial charge in [-0.25, -0.2) is 0 Å². The van der Waals surface area contributed by atoms with Crippen molar-refractivity contribution in [3.63, 3.8) is 0 Å². The van der Waals surface area contributed by atoms with E-state index in [0.717, 1.165) is 0 Å². The van der Waals surface area contributed by atoms with Gasteiger partial charge in [0.1, 0.15) is 0 Å². The highest BCUT2D eigenvalue weighted by molar-refractivity contribution is 4.92. The van der Waals surface area contributed by atoms with Crippen molar-refractivity contribution in [2.45, 2.75) is 51.1 Å². The van der Waals surface area contributed by atoms with Gasteiger partial charge in [-0.2, -0.15) is 0 Å². The molecule has 2 nitrogen and oxygen atoms in total. The monoisotopic (exact) mass is 156 g/mol. The minimum atomic E-state index is -0.199. The molecule has 0 saturated heterocycles. The van der Waals surface area contributed by atoms with Crippen molar-refractivity contribution in [2.24, 2.45) is 17.4 Å². The molecule has 0 bridgehead atoms. The molecule has 0 radical (unpaired) electrons. The number of hydrogen-bond acceptors (Lipinski definition) is 2. The van der Waals surface area contributed by atoms with Gasteiger partial charge >= 0.3 is 0 Å². The fourth-order valence-corrected chi connectivity index (χ4v) is 1.92. The van der Waals surface area contributed by atoms with E-state index in [1.54, 1.807) is 0 Å². The molecule has 0 spiro atoms. The first-order chi connectivity index (χ1) is 5.02. The van der Waals surface area contributed by atoms with Crippen LogP contribution in [0.5, 0.6) is 0 Å². The second-order valence-corrected chi connectivity index (χ2v) is 4.39. The normalized spacial score (nSPS) is 24.0. The Balaban J connectivity index is 2.46. The lowest BCUT2D eigenvalue weighted by Gasteiger charge is -2.31. The molecule has 0 aromatic heterocycles. The van der Waals surface area contributed by atoms with Crippen LogP contribution in [0.3, 0.4) is 0 Å². The Labute approximate surface area is 69.3 Å². The molecule has 0 heterocycles. The number of nitrogens with two attached hydrogens (primary N) is 2. The molecule has 1 atom stereocenters. The molecule has 0 amide bonds. The molecule has 1 fully saturated rings. The molecular weight excluding hydrogens is 136 g/mol. The molecular formula is C9H20N2. The van der Waals surface area contributed by atoms with Gasteiger partial charge in [-0.15, -0.1) is 0 Å². The van der Waals surface area contributed by atoms with E-state index in [1.165, 1.54) is 25.7 Å². The summed E-state index contributed by atoms with van der Waals surface area (Å²) in [5.41, 5.74) is 11.8. The fourth-order valence-electron chi connectivity index (χ4n) is 1.92. The topological polar surface area (TPSA) is 52.0 Å². The quantitative estimate of drug-likeness (QED) is 0.632. The summed E-state index contributed by atoms with van der Waals surface area (Å²) in [6.45, 7) is 4.05. The molecule has 0 aliphatic heterocycles. The highest BCUT2D eigenvalue weighted by Crippen LogP contribution is 2.29. The largest absolute Gasteiger partial charge is 0.326 e. The zero-order chi connectivity index (χ0) is 8.48. The van der Waals surface area contributed by atoms with E-state index in [4.69, 9.17) is 11.5 Å². The standard InChI is InChI=1S/C9H20N2/c1-9(2,11)8(10)7-5-3-4-6-7/h7-8H,3-6,10-11H2,1-2H3. The lowest BCUT2D eigenvalue weighted by atomic mass is 9.85. The molecule has 1 unspecified atom stereocenters. The predicted molar refractivity (Wildman–Crippen MR) is 48.2 cm³/mol. The predicted octanol–water partition coefficient (Wildman–Crippen LogP) is 1.24. The summed E-state index contributed by atoms with van der Waals surface area (Å²) < 4.78 is 0. The van der Waals surface area contributed by atoms with E-state index in [9.17, 15) is 0 Å². The maximum absolute atomic E-state index is 6.03. The van der Waals surface area contributed by atoms with Gasteiger partial charge in [0.05, 0.1) is 0 Å². The highest BCUT2D eigenvalue weighted by atomic mass is 14.8. The summed E-state index contributed by atoms with van der Waals surface area (Å²) in [5, 5.41) is 0. The minimum Gasteiger partial charge on any atom is -0.326 e. The van der Waals surface area contributed by atoms with Crippen LogP contribution in [0.4, 0.5) is 0 Å². The van der Waals surface area contributed by atoms with Crippen LogP contribution >= 0.6 is 0 Å². The molecule has 0 aromatic rings. The van der Waals surface area contributed by atoms with Gasteiger partial charge in [-0.1, -0.05) is 12.8 Å². The van der Waals surface area contributed by atoms with Crippen molar-refractivity contribution in [2.75, 3.05) is 0 Å². The van der Waals surface area contributed by atoms with Gasteiger partial charge in [-0.3, -0.25) is 0 Å². The van der Waals surface area contributed by atoms with Gasteiger partial charge in [0.25, 0.3) is 0 Å². The summed E-state index contributed by atoms with van der Waals surface area (Å²) in [4.78, 5) is 0. The third kappa shape index (κ3) is 2.17. The maximum atomic E-state index is 6.03. The molecule has 1 aliphatic carbocycles. The summed E-state index contributed by atoms with van der Waals surface area (Å²) in [5.74, 6) is 0.676. The molecule has 2 heteroatoms. The van der Waals surface area contributed by atoms with Gasteiger partial charge in [0.15, 0.2) is 0 Å². The van der Waals surface area contributed by atoms with Crippen LogP contribution < -0.4 is 11.5 Å². The SMILES string of the molecule is CC(C)(N)C(N)C1CCCC1. The van der Waals surface area contributed by atoms with Crippen LogP contribution in [0, 0.1) is 5.92 Å². The molecule has 1 rings (SSSR count). The van der Waals surface area contributed by atoms with Gasteiger partial charge in [-0.05, 0) is 32.6 Å². The first-order valence-electron chi connectivity index (χ1n) is 4.56. The van der Waals surface area contributed by atoms with Gasteiger partial charge in [0, 0.05) is 11.6 Å². The lowest BCUT2D eigenvalue weighted by Crippen LogP contribution is -2.53. The van der Waals surface area contributed by atoms with Crippen molar-refractivity contribution in [1.29, 1.82) is 0 Å². The van der Waals surface area contributed by atoms with E-state index in [1.807, 2.05) is 13.8 Å². The average Bonchev–Trinajstić information content (AvgIpc) is 2.34. The Hall–Kier alpha value is -0.0800. The highest BCUT2D eigenvalue weighted by Gasteiger charge is 2.30. The molecule has 66 valence electrons. The molecule has 0 aromatic carbocycles. The van der Waals surface area contributed by atoms with Crippen LogP contribution in [0.15, 0.2) is 0 Å². The summed E-state index contributed by atoms with van der Waals surface area (Å²) >= 11 is 0. The summed E-state index contributed by atoms with van der Waals surface area (Å²) in [7, 11) is 0. The maximum Gasteiger partial charge on any atom is 0.0253 e. The zero-order valence-corrected chi connectivity index (χ0v) is 7.64. The molecule has 1 saturated carbocycles. The van der Waals surface area contributed by atoms with Crippen LogP contribution in [-0.4, -0.2) is 11.6 Å². The molecule has 1 aliphatic rings. The van der Waals surface area contributed by atoms with Gasteiger partial charge in [0.2, 0.25) is 0 Å². The Kier molecular flexibility index (Phi) is 2.55. The smallest absolute Gasteiger partial charge is 0.0253 e. The van der Waals surface area contributed by atoms with Crippen LogP contribution in [0.25, 0.3) is 0 Å². The Bertz CT molecular complexity index is 120. The van der Waals surface area contributed by atoms with Crippen molar-refractivity contribution >= 4 is 0 Å². The van der Waals surface area contributed by atoms with Crippen LogP contribution in [0.1, 0.15) is 39.5 Å². The first kappa shape index (κ1) is 9.01. The zero-order valence-electron chi connectivity index (χ0n) is 7.64. The van der Waals surface area contributed by atoms with E-state index >= 15 is 0 Å². The van der Waals surface area contributed by atoms with Crippen LogP contribution in [-0.2, 0) is 0 Å². The average molecular weight is 156 g/mol. The molecule has 4 N–H and O–H groups in total. The second kappa shape index (κ2) is 3.11. The van der Waals surface area contributed by atoms with E-state index in [-0.39, 0.29) is 11.6 Å². The van der Waals surface area contributed by atoms with Crippen molar-refractivity contribution < 1.29 is 0 Å². The third-order valence-electron chi connectivity index (χ3n) is 2.77. The number of hydrogen-bond donors (Lipinski definition) is 2. The Morgan fingerprint density at radius 3 is 2.09 bits per heavy atom. The summed E-state index contributed by atoms with van der Waals surface area (Å²) in [6, 6.07) is 0.185. The Morgan fingerprint density at radius 1 is 1.27 bits per heavy atom. The Morgan fingerprint density at radius 2 is 1.73 bits per heavy atom. The lowest BCUT2D eigenvalue weighted by molar-refractivity contribution is 0.302. The first-order valence-corrected chi connectivity index (χ1v) is 4.56. The second-order valence-electron chi connectivity index (χ2n) is 4.39. The molecule has 11 heavy (non-hydrogen) atoms. The third-order valence-corrected chi connectivity index (χ3v) is 2.77. The van der Waals surface area contributed by atoms with E-state index in [2.05, 4.69) is 0 Å². The van der Waals surface area contributed by atoms with Gasteiger partial charge < -0.3 is 11.5 Å². The minimum absolute atomic E-state index is 0.185. The fraction of sp³-hybridized carbons (Fsp3) is 1.00. The number of rotatable bonds is 2. The van der Waals surface area contributed by atoms with E-state index in [0.29, 0.717) is 5.92 Å². The van der Waals surface area contributed by atoms with Crippen molar-refractivity contribution in [3.05, 3.63) is 0 Å².